The van der Waals surface area contributed by atoms with Crippen molar-refractivity contribution in [2.75, 3.05) is 19.7 Å². The summed E-state index contributed by atoms with van der Waals surface area (Å²) in [6.07, 6.45) is -2.98. The maximum Gasteiger partial charge on any atom is 0.416 e. The zero-order valence-corrected chi connectivity index (χ0v) is 16.4. The maximum atomic E-state index is 12.8. The standard InChI is InChI=1S/C20H21F3N2O3S/c21-20(22,23)16-8-6-15(7-9-16)12-25-11-3-10-19(13-25)14-28-17-4-1-2-5-18(17)29(26,27)24-19/h1-2,4-9H,3,10-14H2,(H-,24,26,27). The van der Waals surface area contributed by atoms with Crippen LogP contribution in [0.1, 0.15) is 24.0 Å². The summed E-state index contributed by atoms with van der Waals surface area (Å²) in [5.74, 6) is 0.330. The normalized spacial score (nSPS) is 27.9. The topological polar surface area (TPSA) is 64.6 Å². The van der Waals surface area contributed by atoms with Gasteiger partial charge in [0, 0.05) is 13.1 Å². The number of ether oxygens (including phenoxy) is 1. The van der Waals surface area contributed by atoms with Crippen molar-refractivity contribution in [2.24, 2.45) is 0 Å². The van der Waals surface area contributed by atoms with Crippen LogP contribution in [0, 0.1) is 0 Å². The van der Waals surface area contributed by atoms with Crippen molar-refractivity contribution in [3.05, 3.63) is 59.7 Å². The molecule has 0 bridgehead atoms. The van der Waals surface area contributed by atoms with Crippen molar-refractivity contribution in [1.82, 2.24) is 9.62 Å². The first-order chi connectivity index (χ1) is 13.7. The second-order valence-corrected chi connectivity index (χ2v) is 9.28. The number of hydrogen-bond acceptors (Lipinski definition) is 4. The zero-order chi connectivity index (χ0) is 20.7. The van der Waals surface area contributed by atoms with Gasteiger partial charge >= 0.3 is 6.18 Å². The number of nitrogens with one attached hydrogen (secondary N) is 1. The van der Waals surface area contributed by atoms with Gasteiger partial charge in [0.25, 0.3) is 0 Å². The number of sulfonamides is 1. The predicted octanol–water partition coefficient (Wildman–Crippen LogP) is 3.63. The predicted molar refractivity (Wildman–Crippen MR) is 101 cm³/mol. The van der Waals surface area contributed by atoms with Crippen LogP contribution >= 0.6 is 0 Å². The molecule has 2 heterocycles. The van der Waals surface area contributed by atoms with Crippen molar-refractivity contribution in [1.29, 1.82) is 0 Å². The number of benzene rings is 2. The monoisotopic (exact) mass is 426 g/mol. The summed E-state index contributed by atoms with van der Waals surface area (Å²) >= 11 is 0. The van der Waals surface area contributed by atoms with E-state index in [2.05, 4.69) is 4.72 Å². The van der Waals surface area contributed by atoms with Gasteiger partial charge in [0.15, 0.2) is 16.1 Å². The Labute approximate surface area is 168 Å². The lowest BCUT2D eigenvalue weighted by atomic mass is 9.90. The molecule has 2 unspecified atom stereocenters. The molecular weight excluding hydrogens is 405 g/mol. The van der Waals surface area contributed by atoms with Gasteiger partial charge in [-0.2, -0.15) is 13.2 Å². The Hall–Kier alpha value is -1.94. The summed E-state index contributed by atoms with van der Waals surface area (Å²) in [4.78, 5) is 2.17. The third-order valence-electron chi connectivity index (χ3n) is 5.34. The molecule has 1 spiro atoms. The molecule has 0 amide bonds. The first-order valence-corrected chi connectivity index (χ1v) is 10.8. The average Bonchev–Trinajstić information content (AvgIpc) is 2.76. The number of para-hydroxylation sites is 1. The molecule has 4 rings (SSSR count). The Morgan fingerprint density at radius 3 is 2.62 bits per heavy atom. The molecule has 1 N–H and O–H groups in total. The van der Waals surface area contributed by atoms with Crippen LogP contribution in [-0.2, 0) is 27.3 Å². The van der Waals surface area contributed by atoms with E-state index >= 15 is 0 Å². The van der Waals surface area contributed by atoms with Crippen LogP contribution in [0.3, 0.4) is 0 Å². The van der Waals surface area contributed by atoms with Gasteiger partial charge in [0.05, 0.1) is 5.56 Å². The van der Waals surface area contributed by atoms with E-state index in [1.165, 1.54) is 18.2 Å². The Balaban J connectivity index is 1.50. The highest BCUT2D eigenvalue weighted by Gasteiger charge is 2.46. The second kappa shape index (κ2) is 7.39. The van der Waals surface area contributed by atoms with Crippen LogP contribution in [0.25, 0.3) is 0 Å². The van der Waals surface area contributed by atoms with Crippen LogP contribution in [-0.4, -0.2) is 34.7 Å². The van der Waals surface area contributed by atoms with Crippen molar-refractivity contribution < 1.29 is 26.7 Å². The molecule has 2 aliphatic rings. The van der Waals surface area contributed by atoms with Gasteiger partial charge in [0.2, 0.25) is 4.90 Å². The Bertz CT molecular complexity index is 935. The third kappa shape index (κ3) is 4.32. The maximum absolute atomic E-state index is 12.8. The molecule has 2 aromatic carbocycles. The summed E-state index contributed by atoms with van der Waals surface area (Å²) < 4.78 is 72.6. The molecule has 0 radical (unpaired) electrons. The summed E-state index contributed by atoms with van der Waals surface area (Å²) in [6, 6.07) is 11.6. The van der Waals surface area contributed by atoms with E-state index < -0.39 is 27.7 Å². The minimum Gasteiger partial charge on any atom is -0.593 e. The van der Waals surface area contributed by atoms with Crippen molar-refractivity contribution in [2.45, 2.75) is 36.0 Å². The smallest absolute Gasteiger partial charge is 0.416 e. The number of fused-ring (bicyclic) bond motifs is 1. The Kier molecular flexibility index (Phi) is 5.18. The molecule has 0 saturated carbocycles. The average molecular weight is 426 g/mol. The van der Waals surface area contributed by atoms with E-state index in [4.69, 9.17) is 4.74 Å². The number of rotatable bonds is 2. The second-order valence-electron chi connectivity index (χ2n) is 7.63. The zero-order valence-electron chi connectivity index (χ0n) is 15.6. The summed E-state index contributed by atoms with van der Waals surface area (Å²) in [5, 5.41) is 0. The molecule has 9 heteroatoms. The highest BCUT2D eigenvalue weighted by Crippen LogP contribution is 2.35. The first kappa shape index (κ1) is 20.3. The van der Waals surface area contributed by atoms with Crippen molar-refractivity contribution in [3.8, 4) is 5.75 Å². The minimum atomic E-state index is -4.36. The lowest BCUT2D eigenvalue weighted by Crippen LogP contribution is -2.61. The molecule has 2 aromatic rings. The van der Waals surface area contributed by atoms with Crippen molar-refractivity contribution >= 4 is 10.4 Å². The fraction of sp³-hybridized carbons (Fsp3) is 0.400. The molecule has 2 aliphatic heterocycles. The molecule has 0 aromatic heterocycles. The number of piperidine rings is 1. The quantitative estimate of drug-likeness (QED) is 0.745. The molecule has 0 aliphatic carbocycles. The van der Waals surface area contributed by atoms with Crippen molar-refractivity contribution in [3.63, 3.8) is 0 Å². The van der Waals surface area contributed by atoms with Crippen LogP contribution in [0.2, 0.25) is 0 Å². The summed E-state index contributed by atoms with van der Waals surface area (Å²) in [7, 11) is -3.73. The SMILES string of the molecule is O=[S+]1([O-])NC2(CCCN(Cc3ccc(C(F)(F)F)cc3)C2)COc2ccccc21. The fourth-order valence-corrected chi connectivity index (χ4v) is 5.55. The van der Waals surface area contributed by atoms with Gasteiger partial charge in [-0.05, 0) is 49.2 Å². The highest BCUT2D eigenvalue weighted by molar-refractivity contribution is 7.96. The van der Waals surface area contributed by atoms with E-state index in [-0.39, 0.29) is 11.5 Å². The van der Waals surface area contributed by atoms with E-state index in [0.29, 0.717) is 25.3 Å². The molecule has 2 atom stereocenters. The van der Waals surface area contributed by atoms with Crippen LogP contribution in [0.4, 0.5) is 13.2 Å². The van der Waals surface area contributed by atoms with Crippen LogP contribution in [0.5, 0.6) is 5.75 Å². The first-order valence-electron chi connectivity index (χ1n) is 9.31. The third-order valence-corrected chi connectivity index (χ3v) is 6.95. The Morgan fingerprint density at radius 2 is 1.90 bits per heavy atom. The number of halogens is 3. The molecule has 1 fully saturated rings. The van der Waals surface area contributed by atoms with Gasteiger partial charge in [-0.1, -0.05) is 28.5 Å². The largest absolute Gasteiger partial charge is 0.593 e. The van der Waals surface area contributed by atoms with Gasteiger partial charge in [-0.25, -0.2) is 0 Å². The van der Waals surface area contributed by atoms with E-state index in [1.54, 1.807) is 18.2 Å². The van der Waals surface area contributed by atoms with Crippen LogP contribution in [0.15, 0.2) is 53.4 Å². The number of nitrogens with zero attached hydrogens (tertiary/aromatic N) is 1. The summed E-state index contributed by atoms with van der Waals surface area (Å²) in [5.41, 5.74) is -0.711. The molecular formula is C20H21F3N2O3S. The number of likely N-dealkylation sites (tertiary alicyclic amines) is 1. The van der Waals surface area contributed by atoms with Gasteiger partial charge < -0.3 is 9.29 Å². The van der Waals surface area contributed by atoms with E-state index in [9.17, 15) is 21.9 Å². The molecule has 156 valence electrons. The molecule has 1 saturated heterocycles. The minimum absolute atomic E-state index is 0.122. The lowest BCUT2D eigenvalue weighted by Gasteiger charge is -2.41. The van der Waals surface area contributed by atoms with E-state index in [0.717, 1.165) is 30.7 Å². The van der Waals surface area contributed by atoms with E-state index in [1.807, 2.05) is 4.90 Å². The lowest BCUT2D eigenvalue weighted by molar-refractivity contribution is -0.137. The Morgan fingerprint density at radius 1 is 1.17 bits per heavy atom. The van der Waals surface area contributed by atoms with Gasteiger partial charge in [-0.15, -0.1) is 4.72 Å². The molecule has 5 nitrogen and oxygen atoms in total. The summed E-state index contributed by atoms with van der Waals surface area (Å²) in [6.45, 7) is 1.79. The van der Waals surface area contributed by atoms with Gasteiger partial charge in [0.1, 0.15) is 12.1 Å². The van der Waals surface area contributed by atoms with Gasteiger partial charge in [-0.3, -0.25) is 4.90 Å². The fourth-order valence-electron chi connectivity index (χ4n) is 4.00. The number of alkyl halides is 3. The van der Waals surface area contributed by atoms with Crippen LogP contribution < -0.4 is 9.46 Å². The molecule has 29 heavy (non-hydrogen) atoms. The number of hydrogen-bond donors (Lipinski definition) is 1. The highest BCUT2D eigenvalue weighted by atomic mass is 32.3.